The first-order valence-electron chi connectivity index (χ1n) is 9.02. The summed E-state index contributed by atoms with van der Waals surface area (Å²) in [5.74, 6) is 1.18. The Bertz CT molecular complexity index is 771. The third-order valence-electron chi connectivity index (χ3n) is 4.24. The fourth-order valence-corrected chi connectivity index (χ4v) is 4.02. The highest BCUT2D eigenvalue weighted by molar-refractivity contribution is 9.10. The van der Waals surface area contributed by atoms with E-state index in [9.17, 15) is 0 Å². The summed E-state index contributed by atoms with van der Waals surface area (Å²) in [5, 5.41) is 0. The van der Waals surface area contributed by atoms with Gasteiger partial charge in [-0.05, 0) is 72.8 Å². The van der Waals surface area contributed by atoms with E-state index in [0.29, 0.717) is 0 Å². The van der Waals surface area contributed by atoms with Gasteiger partial charge in [0.2, 0.25) is 0 Å². The second-order valence-corrected chi connectivity index (χ2v) is 8.43. The van der Waals surface area contributed by atoms with Gasteiger partial charge in [0.15, 0.2) is 0 Å². The average Bonchev–Trinajstić information content (AvgIpc) is 2.66. The Morgan fingerprint density at radius 3 is 1.85 bits per heavy atom. The minimum Gasteiger partial charge on any atom is -0.311 e. The first-order valence-corrected chi connectivity index (χ1v) is 10.8. The lowest BCUT2D eigenvalue weighted by molar-refractivity contribution is 0.896. The van der Waals surface area contributed by atoms with Crippen LogP contribution in [0.15, 0.2) is 82.2 Å². The van der Waals surface area contributed by atoms with Crippen LogP contribution in [0.2, 0.25) is 0 Å². The van der Waals surface area contributed by atoms with Crippen molar-refractivity contribution in [1.82, 2.24) is 0 Å². The van der Waals surface area contributed by atoms with Crippen LogP contribution in [-0.4, -0.2) is 13.6 Å². The molecule has 132 valence electrons. The van der Waals surface area contributed by atoms with Crippen LogP contribution < -0.4 is 10.4 Å². The highest BCUT2D eigenvalue weighted by atomic mass is 79.9. The van der Waals surface area contributed by atoms with Gasteiger partial charge in [-0.15, -0.1) is 11.8 Å². The SMILES string of the molecule is Bc1ccc(N(c2ccc(Br)cc2)c2ccc(SCCCC)cc2)cc1. The van der Waals surface area contributed by atoms with Crippen LogP contribution in [0.1, 0.15) is 19.8 Å². The van der Waals surface area contributed by atoms with E-state index in [1.165, 1.54) is 40.3 Å². The molecular weight excluding hydrogens is 401 g/mol. The normalized spacial score (nSPS) is 10.7. The van der Waals surface area contributed by atoms with Gasteiger partial charge in [-0.2, -0.15) is 0 Å². The van der Waals surface area contributed by atoms with Crippen LogP contribution in [0.25, 0.3) is 0 Å². The predicted octanol–water partition coefficient (Wildman–Crippen LogP) is 6.07. The number of nitrogens with zero attached hydrogens (tertiary/aromatic N) is 1. The molecule has 0 spiro atoms. The number of anilines is 3. The molecular formula is C22H23BBrNS. The Labute approximate surface area is 170 Å². The molecule has 0 aliphatic rings. The van der Waals surface area contributed by atoms with Crippen molar-refractivity contribution < 1.29 is 0 Å². The second-order valence-electron chi connectivity index (χ2n) is 6.34. The first-order chi connectivity index (χ1) is 12.7. The molecule has 0 fully saturated rings. The van der Waals surface area contributed by atoms with Crippen molar-refractivity contribution in [2.45, 2.75) is 24.7 Å². The summed E-state index contributed by atoms with van der Waals surface area (Å²) >= 11 is 5.47. The molecule has 0 radical (unpaired) electrons. The van der Waals surface area contributed by atoms with E-state index >= 15 is 0 Å². The van der Waals surface area contributed by atoms with Gasteiger partial charge in [-0.3, -0.25) is 0 Å². The second kappa shape index (κ2) is 9.34. The highest BCUT2D eigenvalue weighted by Crippen LogP contribution is 2.35. The molecule has 3 rings (SSSR count). The number of unbranched alkanes of at least 4 members (excludes halogenated alkanes) is 1. The van der Waals surface area contributed by atoms with Gasteiger partial charge in [0.25, 0.3) is 0 Å². The maximum absolute atomic E-state index is 3.53. The van der Waals surface area contributed by atoms with Crippen molar-refractivity contribution in [3.8, 4) is 0 Å². The summed E-state index contributed by atoms with van der Waals surface area (Å²) < 4.78 is 1.09. The Hall–Kier alpha value is -1.65. The Morgan fingerprint density at radius 1 is 0.808 bits per heavy atom. The molecule has 0 amide bonds. The lowest BCUT2D eigenvalue weighted by atomic mass is 9.96. The van der Waals surface area contributed by atoms with Crippen LogP contribution >= 0.6 is 27.7 Å². The van der Waals surface area contributed by atoms with Crippen molar-refractivity contribution in [3.05, 3.63) is 77.3 Å². The monoisotopic (exact) mass is 423 g/mol. The van der Waals surface area contributed by atoms with Gasteiger partial charge in [-0.25, -0.2) is 0 Å². The topological polar surface area (TPSA) is 3.24 Å². The van der Waals surface area contributed by atoms with E-state index in [-0.39, 0.29) is 0 Å². The van der Waals surface area contributed by atoms with Crippen molar-refractivity contribution in [1.29, 1.82) is 0 Å². The highest BCUT2D eigenvalue weighted by Gasteiger charge is 2.12. The van der Waals surface area contributed by atoms with Gasteiger partial charge in [0, 0.05) is 26.4 Å². The molecule has 0 bridgehead atoms. The average molecular weight is 424 g/mol. The van der Waals surface area contributed by atoms with E-state index in [0.717, 1.165) is 10.2 Å². The van der Waals surface area contributed by atoms with Crippen LogP contribution in [0.3, 0.4) is 0 Å². The fourth-order valence-electron chi connectivity index (χ4n) is 2.76. The minimum absolute atomic E-state index is 1.09. The molecule has 0 atom stereocenters. The van der Waals surface area contributed by atoms with Crippen molar-refractivity contribution in [2.75, 3.05) is 10.7 Å². The molecule has 1 nitrogen and oxygen atoms in total. The molecule has 0 aromatic heterocycles. The Morgan fingerprint density at radius 2 is 1.31 bits per heavy atom. The van der Waals surface area contributed by atoms with Crippen LogP contribution in [0, 0.1) is 0 Å². The van der Waals surface area contributed by atoms with E-state index < -0.39 is 0 Å². The van der Waals surface area contributed by atoms with Crippen molar-refractivity contribution in [3.63, 3.8) is 0 Å². The third kappa shape index (κ3) is 4.96. The molecule has 0 saturated carbocycles. The predicted molar refractivity (Wildman–Crippen MR) is 123 cm³/mol. The molecule has 4 heteroatoms. The molecule has 3 aromatic carbocycles. The number of hydrogen-bond acceptors (Lipinski definition) is 2. The largest absolute Gasteiger partial charge is 0.311 e. The lowest BCUT2D eigenvalue weighted by Gasteiger charge is -2.26. The summed E-state index contributed by atoms with van der Waals surface area (Å²) in [5.41, 5.74) is 4.77. The van der Waals surface area contributed by atoms with Gasteiger partial charge in [0.05, 0.1) is 0 Å². The van der Waals surface area contributed by atoms with E-state index in [2.05, 4.69) is 108 Å². The van der Waals surface area contributed by atoms with Crippen LogP contribution in [0.5, 0.6) is 0 Å². The van der Waals surface area contributed by atoms with E-state index in [1.54, 1.807) is 0 Å². The summed E-state index contributed by atoms with van der Waals surface area (Å²) in [6.45, 7) is 2.24. The smallest absolute Gasteiger partial charge is 0.139 e. The first kappa shape index (κ1) is 19.1. The van der Waals surface area contributed by atoms with Gasteiger partial charge in [0.1, 0.15) is 7.85 Å². The zero-order chi connectivity index (χ0) is 18.4. The quantitative estimate of drug-likeness (QED) is 0.257. The minimum atomic E-state index is 1.09. The lowest BCUT2D eigenvalue weighted by Crippen LogP contribution is -2.11. The van der Waals surface area contributed by atoms with E-state index in [1.807, 2.05) is 11.8 Å². The summed E-state index contributed by atoms with van der Waals surface area (Å²) in [4.78, 5) is 3.63. The van der Waals surface area contributed by atoms with Crippen LogP contribution in [-0.2, 0) is 0 Å². The number of benzene rings is 3. The molecule has 26 heavy (non-hydrogen) atoms. The number of thioether (sulfide) groups is 1. The Kier molecular flexibility index (Phi) is 6.87. The Balaban J connectivity index is 1.92. The molecule has 0 saturated heterocycles. The molecule has 3 aromatic rings. The maximum atomic E-state index is 3.53. The van der Waals surface area contributed by atoms with Crippen molar-refractivity contribution in [2.24, 2.45) is 0 Å². The molecule has 0 heterocycles. The number of hydrogen-bond donors (Lipinski definition) is 0. The summed E-state index contributed by atoms with van der Waals surface area (Å²) in [6.07, 6.45) is 2.51. The maximum Gasteiger partial charge on any atom is 0.139 e. The molecule has 0 aliphatic carbocycles. The molecule has 0 unspecified atom stereocenters. The number of halogens is 1. The zero-order valence-electron chi connectivity index (χ0n) is 15.3. The number of rotatable bonds is 7. The fraction of sp³-hybridized carbons (Fsp3) is 0.182. The van der Waals surface area contributed by atoms with E-state index in [4.69, 9.17) is 0 Å². The molecule has 0 N–H and O–H groups in total. The van der Waals surface area contributed by atoms with Gasteiger partial charge < -0.3 is 4.90 Å². The van der Waals surface area contributed by atoms with Crippen molar-refractivity contribution >= 4 is 58.1 Å². The standard InChI is InChI=1S/C22H23BBrNS/c1-2-3-16-26-22-14-12-21(13-15-22)25(19-8-4-17(23)5-9-19)20-10-6-18(24)7-11-20/h4-15H,2-3,16,23H2,1H3. The zero-order valence-corrected chi connectivity index (χ0v) is 17.7. The molecule has 0 aliphatic heterocycles. The summed E-state index contributed by atoms with van der Waals surface area (Å²) in [6, 6.07) is 26.1. The summed E-state index contributed by atoms with van der Waals surface area (Å²) in [7, 11) is 2.12. The third-order valence-corrected chi connectivity index (χ3v) is 5.87. The van der Waals surface area contributed by atoms with Gasteiger partial charge >= 0.3 is 0 Å². The van der Waals surface area contributed by atoms with Crippen LogP contribution in [0.4, 0.5) is 17.1 Å². The van der Waals surface area contributed by atoms with Gasteiger partial charge in [-0.1, -0.05) is 46.9 Å².